The summed E-state index contributed by atoms with van der Waals surface area (Å²) in [5, 5.41) is 0. The van der Waals surface area contributed by atoms with E-state index in [1.807, 2.05) is 17.0 Å². The minimum atomic E-state index is 0.190. The molecule has 2 aromatic rings. The van der Waals surface area contributed by atoms with E-state index in [0.29, 0.717) is 5.92 Å². The molecular weight excluding hydrogens is 352 g/mol. The number of hydrogen-bond donors (Lipinski definition) is 0. The fourth-order valence-corrected chi connectivity index (χ4v) is 4.85. The van der Waals surface area contributed by atoms with Gasteiger partial charge in [-0.15, -0.1) is 0 Å². The fraction of sp³-hybridized carbons (Fsp3) is 0.435. The van der Waals surface area contributed by atoms with E-state index in [-0.39, 0.29) is 5.91 Å². The summed E-state index contributed by atoms with van der Waals surface area (Å²) in [5.41, 5.74) is 5.01. The lowest BCUT2D eigenvalue weighted by atomic mass is 9.95. The molecule has 0 unspecified atom stereocenters. The first-order valence-corrected chi connectivity index (χ1v) is 11.3. The van der Waals surface area contributed by atoms with Crippen LogP contribution in [0.5, 0.6) is 0 Å². The van der Waals surface area contributed by atoms with Gasteiger partial charge in [0.2, 0.25) is 0 Å². The van der Waals surface area contributed by atoms with Crippen LogP contribution >= 0.6 is 11.8 Å². The summed E-state index contributed by atoms with van der Waals surface area (Å²) in [7, 11) is 0. The van der Waals surface area contributed by atoms with Gasteiger partial charge in [-0.25, -0.2) is 0 Å². The van der Waals surface area contributed by atoms with Crippen molar-refractivity contribution in [3.8, 4) is 0 Å². The molecule has 2 aliphatic rings. The molecule has 3 nitrogen and oxygen atoms in total. The van der Waals surface area contributed by atoms with Gasteiger partial charge >= 0.3 is 0 Å². The third-order valence-electron chi connectivity index (χ3n) is 5.88. The van der Waals surface area contributed by atoms with Gasteiger partial charge in [-0.05, 0) is 60.8 Å². The van der Waals surface area contributed by atoms with E-state index < -0.39 is 0 Å². The smallest absolute Gasteiger partial charge is 0.253 e. The van der Waals surface area contributed by atoms with E-state index in [9.17, 15) is 4.79 Å². The first kappa shape index (κ1) is 18.4. The molecule has 4 rings (SSSR count). The van der Waals surface area contributed by atoms with Crippen LogP contribution in [0.3, 0.4) is 0 Å². The van der Waals surface area contributed by atoms with Crippen LogP contribution in [-0.4, -0.2) is 43.2 Å². The molecule has 142 valence electrons. The average Bonchev–Trinajstić information content (AvgIpc) is 3.12. The van der Waals surface area contributed by atoms with Gasteiger partial charge in [-0.2, -0.15) is 11.8 Å². The number of anilines is 1. The molecule has 1 amide bonds. The maximum Gasteiger partial charge on any atom is 0.253 e. The monoisotopic (exact) mass is 380 g/mol. The van der Waals surface area contributed by atoms with Crippen molar-refractivity contribution in [2.24, 2.45) is 5.92 Å². The minimum Gasteiger partial charge on any atom is -0.371 e. The van der Waals surface area contributed by atoms with E-state index in [0.717, 1.165) is 50.3 Å². The third-order valence-corrected chi connectivity index (χ3v) is 6.50. The van der Waals surface area contributed by atoms with Gasteiger partial charge < -0.3 is 9.80 Å². The number of fused-ring (bicyclic) bond motifs is 1. The second kappa shape index (κ2) is 8.39. The van der Waals surface area contributed by atoms with Gasteiger partial charge in [-0.1, -0.05) is 30.3 Å². The highest BCUT2D eigenvalue weighted by molar-refractivity contribution is 7.97. The van der Waals surface area contributed by atoms with Gasteiger partial charge in [0.05, 0.1) is 0 Å². The van der Waals surface area contributed by atoms with Gasteiger partial charge in [0.25, 0.3) is 5.91 Å². The second-order valence-electron chi connectivity index (χ2n) is 7.69. The first-order valence-electron chi connectivity index (χ1n) is 9.94. The van der Waals surface area contributed by atoms with Crippen LogP contribution in [0.1, 0.15) is 34.3 Å². The second-order valence-corrected chi connectivity index (χ2v) is 8.56. The number of amides is 1. The van der Waals surface area contributed by atoms with Crippen LogP contribution in [0.2, 0.25) is 0 Å². The molecule has 0 aromatic heterocycles. The molecule has 2 aliphatic heterocycles. The lowest BCUT2D eigenvalue weighted by molar-refractivity contribution is 0.0693. The van der Waals surface area contributed by atoms with Crippen LogP contribution in [0.4, 0.5) is 5.69 Å². The molecule has 1 saturated heterocycles. The van der Waals surface area contributed by atoms with Crippen LogP contribution in [0.15, 0.2) is 48.5 Å². The number of nitrogens with zero attached hydrogens (tertiary/aromatic N) is 2. The molecule has 0 radical (unpaired) electrons. The fourth-order valence-electron chi connectivity index (χ4n) is 4.32. The maximum absolute atomic E-state index is 12.8. The van der Waals surface area contributed by atoms with E-state index in [1.165, 1.54) is 23.2 Å². The Balaban J connectivity index is 1.30. The van der Waals surface area contributed by atoms with Crippen molar-refractivity contribution in [1.82, 2.24) is 4.90 Å². The first-order chi connectivity index (χ1) is 13.2. The van der Waals surface area contributed by atoms with Crippen molar-refractivity contribution in [3.05, 3.63) is 65.2 Å². The Morgan fingerprint density at radius 2 is 1.78 bits per heavy atom. The summed E-state index contributed by atoms with van der Waals surface area (Å²) in [5.74, 6) is 1.87. The summed E-state index contributed by atoms with van der Waals surface area (Å²) in [6, 6.07) is 16.9. The number of carbonyl (C=O) groups excluding carboxylic acids is 1. The zero-order valence-corrected chi connectivity index (χ0v) is 16.9. The van der Waals surface area contributed by atoms with E-state index >= 15 is 0 Å². The Bertz CT molecular complexity index is 781. The topological polar surface area (TPSA) is 23.6 Å². The highest BCUT2D eigenvalue weighted by atomic mass is 32.2. The molecule has 2 aromatic carbocycles. The summed E-state index contributed by atoms with van der Waals surface area (Å²) in [6.45, 7) is 4.03. The largest absolute Gasteiger partial charge is 0.371 e. The normalized spacial score (nSPS) is 17.2. The predicted octanol–water partition coefficient (Wildman–Crippen LogP) is 4.46. The number of benzene rings is 2. The zero-order valence-electron chi connectivity index (χ0n) is 16.1. The van der Waals surface area contributed by atoms with E-state index in [4.69, 9.17) is 0 Å². The predicted molar refractivity (Wildman–Crippen MR) is 115 cm³/mol. The molecule has 0 N–H and O–H groups in total. The molecule has 0 aliphatic carbocycles. The lowest BCUT2D eigenvalue weighted by Gasteiger charge is -2.34. The molecule has 0 bridgehead atoms. The summed E-state index contributed by atoms with van der Waals surface area (Å²) in [4.78, 5) is 17.4. The van der Waals surface area contributed by atoms with Gasteiger partial charge in [0.1, 0.15) is 0 Å². The van der Waals surface area contributed by atoms with Crippen LogP contribution in [0.25, 0.3) is 0 Å². The number of hydrogen-bond acceptors (Lipinski definition) is 3. The number of para-hydroxylation sites is 1. The number of likely N-dealkylation sites (tertiary alicyclic amines) is 1. The molecule has 4 heteroatoms. The van der Waals surface area contributed by atoms with E-state index in [1.54, 1.807) is 11.8 Å². The third kappa shape index (κ3) is 4.16. The highest BCUT2D eigenvalue weighted by Gasteiger charge is 2.27. The Hall–Kier alpha value is -1.94. The van der Waals surface area contributed by atoms with Gasteiger partial charge in [-0.3, -0.25) is 4.79 Å². The van der Waals surface area contributed by atoms with Crippen LogP contribution in [-0.2, 0) is 12.2 Å². The van der Waals surface area contributed by atoms with Crippen molar-refractivity contribution in [3.63, 3.8) is 0 Å². The minimum absolute atomic E-state index is 0.190. The van der Waals surface area contributed by atoms with E-state index in [2.05, 4.69) is 47.6 Å². The Labute approximate surface area is 166 Å². The highest BCUT2D eigenvalue weighted by Crippen LogP contribution is 2.30. The molecule has 2 heterocycles. The molecule has 0 spiro atoms. The number of carbonyl (C=O) groups is 1. The molecular formula is C23H28N2OS. The van der Waals surface area contributed by atoms with Crippen LogP contribution in [0, 0.1) is 5.92 Å². The summed E-state index contributed by atoms with van der Waals surface area (Å²) in [6.07, 6.45) is 5.48. The maximum atomic E-state index is 12.8. The molecule has 27 heavy (non-hydrogen) atoms. The summed E-state index contributed by atoms with van der Waals surface area (Å²) >= 11 is 1.81. The van der Waals surface area contributed by atoms with Gasteiger partial charge in [0.15, 0.2) is 0 Å². The number of thioether (sulfide) groups is 1. The zero-order chi connectivity index (χ0) is 18.6. The van der Waals surface area contributed by atoms with Crippen molar-refractivity contribution < 1.29 is 4.79 Å². The molecule has 0 atom stereocenters. The van der Waals surface area contributed by atoms with Crippen LogP contribution < -0.4 is 4.90 Å². The Kier molecular flexibility index (Phi) is 5.72. The average molecular weight is 381 g/mol. The quantitative estimate of drug-likeness (QED) is 0.765. The van der Waals surface area contributed by atoms with Crippen molar-refractivity contribution >= 4 is 23.4 Å². The molecule has 1 fully saturated rings. The molecule has 0 saturated carbocycles. The standard InChI is InChI=1S/C23H28N2OS/c1-27-17-19-6-8-21(9-7-19)23(26)24-13-10-18(11-14-24)16-25-15-12-20-4-2-3-5-22(20)25/h2-9,18H,10-17H2,1H3. The number of piperidine rings is 1. The van der Waals surface area contributed by atoms with Crippen molar-refractivity contribution in [2.45, 2.75) is 25.0 Å². The number of rotatable bonds is 5. The lowest BCUT2D eigenvalue weighted by Crippen LogP contribution is -2.41. The summed E-state index contributed by atoms with van der Waals surface area (Å²) < 4.78 is 0. The SMILES string of the molecule is CSCc1ccc(C(=O)N2CCC(CN3CCc4ccccc43)CC2)cc1. The van der Waals surface area contributed by atoms with Crippen molar-refractivity contribution in [2.75, 3.05) is 37.3 Å². The van der Waals surface area contributed by atoms with Crippen molar-refractivity contribution in [1.29, 1.82) is 0 Å². The van der Waals surface area contributed by atoms with Gasteiger partial charge in [0, 0.05) is 43.2 Å². The Morgan fingerprint density at radius 3 is 2.52 bits per heavy atom. The Morgan fingerprint density at radius 1 is 1.04 bits per heavy atom.